The van der Waals surface area contributed by atoms with Crippen LogP contribution in [0.25, 0.3) is 0 Å². The Balaban J connectivity index is 2.23. The predicted molar refractivity (Wildman–Crippen MR) is 78.0 cm³/mol. The molecule has 0 saturated heterocycles. The van der Waals surface area contributed by atoms with E-state index in [0.29, 0.717) is 5.92 Å². The van der Waals surface area contributed by atoms with Gasteiger partial charge in [-0.25, -0.2) is 0 Å². The molecule has 1 heterocycles. The number of benzene rings is 1. The van der Waals surface area contributed by atoms with Gasteiger partial charge in [-0.2, -0.15) is 0 Å². The molecule has 0 aliphatic heterocycles. The molecule has 1 aromatic heterocycles. The predicted octanol–water partition coefficient (Wildman–Crippen LogP) is 3.67. The van der Waals surface area contributed by atoms with Crippen LogP contribution in [-0.2, 0) is 6.42 Å². The van der Waals surface area contributed by atoms with E-state index < -0.39 is 6.10 Å². The molecule has 0 spiro atoms. The summed E-state index contributed by atoms with van der Waals surface area (Å²) in [5.74, 6) is 0.619. The lowest BCUT2D eigenvalue weighted by Gasteiger charge is -2.13. The Morgan fingerprint density at radius 2 is 1.89 bits per heavy atom. The van der Waals surface area contributed by atoms with E-state index in [2.05, 4.69) is 31.0 Å². The van der Waals surface area contributed by atoms with Gasteiger partial charge in [-0.3, -0.25) is 4.98 Å². The maximum absolute atomic E-state index is 10.4. The summed E-state index contributed by atoms with van der Waals surface area (Å²) in [7, 11) is 0. The SMILES string of the molecule is Cc1ccc(C(O)c2cccc(CC(C)C)c2)cn1. The molecule has 1 N–H and O–H groups in total. The molecule has 2 nitrogen and oxygen atoms in total. The molecule has 1 unspecified atom stereocenters. The van der Waals surface area contributed by atoms with Gasteiger partial charge in [0, 0.05) is 17.5 Å². The first-order valence-corrected chi connectivity index (χ1v) is 6.75. The minimum absolute atomic E-state index is 0.597. The summed E-state index contributed by atoms with van der Waals surface area (Å²) in [6.07, 6.45) is 2.18. The third-order valence-electron chi connectivity index (χ3n) is 3.16. The van der Waals surface area contributed by atoms with Crippen LogP contribution in [0.2, 0.25) is 0 Å². The Morgan fingerprint density at radius 1 is 1.11 bits per heavy atom. The van der Waals surface area contributed by atoms with Gasteiger partial charge in [0.15, 0.2) is 0 Å². The summed E-state index contributed by atoms with van der Waals surface area (Å²) in [6.45, 7) is 6.35. The van der Waals surface area contributed by atoms with Crippen LogP contribution >= 0.6 is 0 Å². The fourth-order valence-electron chi connectivity index (χ4n) is 2.20. The van der Waals surface area contributed by atoms with Gasteiger partial charge in [-0.15, -0.1) is 0 Å². The summed E-state index contributed by atoms with van der Waals surface area (Å²) in [5, 5.41) is 10.4. The maximum atomic E-state index is 10.4. The summed E-state index contributed by atoms with van der Waals surface area (Å²) in [6, 6.07) is 12.0. The van der Waals surface area contributed by atoms with Crippen molar-refractivity contribution >= 4 is 0 Å². The lowest BCUT2D eigenvalue weighted by Crippen LogP contribution is -2.02. The molecule has 1 atom stereocenters. The highest BCUT2D eigenvalue weighted by atomic mass is 16.3. The lowest BCUT2D eigenvalue weighted by molar-refractivity contribution is 0.219. The molecular formula is C17H21NO. The Kier molecular flexibility index (Phi) is 4.33. The summed E-state index contributed by atoms with van der Waals surface area (Å²) >= 11 is 0. The van der Waals surface area contributed by atoms with E-state index in [4.69, 9.17) is 0 Å². The van der Waals surface area contributed by atoms with E-state index in [9.17, 15) is 5.11 Å². The summed E-state index contributed by atoms with van der Waals surface area (Å²) in [4.78, 5) is 4.24. The van der Waals surface area contributed by atoms with E-state index in [1.165, 1.54) is 5.56 Å². The minimum atomic E-state index is -0.597. The second-order valence-electron chi connectivity index (χ2n) is 5.48. The van der Waals surface area contributed by atoms with Gasteiger partial charge in [-0.05, 0) is 36.5 Å². The van der Waals surface area contributed by atoms with Crippen LogP contribution in [-0.4, -0.2) is 10.1 Å². The first-order chi connectivity index (χ1) is 9.06. The Hall–Kier alpha value is -1.67. The first-order valence-electron chi connectivity index (χ1n) is 6.75. The highest BCUT2D eigenvalue weighted by Gasteiger charge is 2.11. The van der Waals surface area contributed by atoms with Gasteiger partial charge in [0.2, 0.25) is 0 Å². The van der Waals surface area contributed by atoms with E-state index in [0.717, 1.165) is 23.2 Å². The number of nitrogens with zero attached hydrogens (tertiary/aromatic N) is 1. The Bertz CT molecular complexity index is 531. The zero-order chi connectivity index (χ0) is 13.8. The molecule has 0 saturated carbocycles. The molecule has 2 aromatic rings. The molecule has 0 fully saturated rings. The molecule has 0 bridgehead atoms. The second kappa shape index (κ2) is 5.98. The van der Waals surface area contributed by atoms with E-state index in [1.54, 1.807) is 6.20 Å². The minimum Gasteiger partial charge on any atom is -0.384 e. The van der Waals surface area contributed by atoms with Crippen LogP contribution in [0.3, 0.4) is 0 Å². The normalized spacial score (nSPS) is 12.7. The average molecular weight is 255 g/mol. The lowest BCUT2D eigenvalue weighted by atomic mass is 9.97. The summed E-state index contributed by atoms with van der Waals surface area (Å²) in [5.41, 5.74) is 4.01. The largest absolute Gasteiger partial charge is 0.384 e. The van der Waals surface area contributed by atoms with Crippen molar-refractivity contribution < 1.29 is 5.11 Å². The molecule has 0 aliphatic rings. The molecule has 0 radical (unpaired) electrons. The number of hydrogen-bond acceptors (Lipinski definition) is 2. The van der Waals surface area contributed by atoms with Crippen molar-refractivity contribution in [3.63, 3.8) is 0 Å². The third-order valence-corrected chi connectivity index (χ3v) is 3.16. The van der Waals surface area contributed by atoms with Gasteiger partial charge in [0.1, 0.15) is 6.10 Å². The van der Waals surface area contributed by atoms with Crippen molar-refractivity contribution in [2.24, 2.45) is 5.92 Å². The van der Waals surface area contributed by atoms with Gasteiger partial charge >= 0.3 is 0 Å². The molecule has 2 heteroatoms. The zero-order valence-electron chi connectivity index (χ0n) is 11.8. The number of hydrogen-bond donors (Lipinski definition) is 1. The smallest absolute Gasteiger partial charge is 0.106 e. The zero-order valence-corrected chi connectivity index (χ0v) is 11.8. The van der Waals surface area contributed by atoms with Crippen LogP contribution < -0.4 is 0 Å². The molecule has 0 amide bonds. The maximum Gasteiger partial charge on any atom is 0.106 e. The van der Waals surface area contributed by atoms with E-state index >= 15 is 0 Å². The monoisotopic (exact) mass is 255 g/mol. The van der Waals surface area contributed by atoms with Crippen LogP contribution in [0.1, 0.15) is 42.3 Å². The number of rotatable bonds is 4. The van der Waals surface area contributed by atoms with Gasteiger partial charge < -0.3 is 5.11 Å². The Labute approximate surface area is 115 Å². The number of aliphatic hydroxyl groups is 1. The van der Waals surface area contributed by atoms with Crippen LogP contribution in [0.15, 0.2) is 42.6 Å². The average Bonchev–Trinajstić information content (AvgIpc) is 2.38. The number of aryl methyl sites for hydroxylation is 1. The molecule has 2 rings (SSSR count). The third kappa shape index (κ3) is 3.65. The van der Waals surface area contributed by atoms with Crippen molar-refractivity contribution in [3.05, 3.63) is 65.0 Å². The topological polar surface area (TPSA) is 33.1 Å². The van der Waals surface area contributed by atoms with Gasteiger partial charge in [0.05, 0.1) is 0 Å². The Morgan fingerprint density at radius 3 is 2.53 bits per heavy atom. The number of pyridine rings is 1. The molecule has 1 aromatic carbocycles. The molecular weight excluding hydrogens is 234 g/mol. The first kappa shape index (κ1) is 13.8. The number of aromatic nitrogens is 1. The van der Waals surface area contributed by atoms with Crippen molar-refractivity contribution in [1.29, 1.82) is 0 Å². The highest BCUT2D eigenvalue weighted by molar-refractivity contribution is 5.32. The van der Waals surface area contributed by atoms with Crippen molar-refractivity contribution in [1.82, 2.24) is 4.98 Å². The van der Waals surface area contributed by atoms with Crippen LogP contribution in [0.5, 0.6) is 0 Å². The van der Waals surface area contributed by atoms with Crippen LogP contribution in [0.4, 0.5) is 0 Å². The van der Waals surface area contributed by atoms with Crippen molar-refractivity contribution in [2.45, 2.75) is 33.3 Å². The molecule has 100 valence electrons. The highest BCUT2D eigenvalue weighted by Crippen LogP contribution is 2.23. The molecule has 0 aliphatic carbocycles. The van der Waals surface area contributed by atoms with Gasteiger partial charge in [0.25, 0.3) is 0 Å². The summed E-state index contributed by atoms with van der Waals surface area (Å²) < 4.78 is 0. The van der Waals surface area contributed by atoms with Crippen molar-refractivity contribution in [3.8, 4) is 0 Å². The van der Waals surface area contributed by atoms with Gasteiger partial charge in [-0.1, -0.05) is 44.2 Å². The van der Waals surface area contributed by atoms with Crippen LogP contribution in [0, 0.1) is 12.8 Å². The van der Waals surface area contributed by atoms with Crippen molar-refractivity contribution in [2.75, 3.05) is 0 Å². The van der Waals surface area contributed by atoms with E-state index in [-0.39, 0.29) is 0 Å². The molecule has 19 heavy (non-hydrogen) atoms. The quantitative estimate of drug-likeness (QED) is 0.904. The standard InChI is InChI=1S/C17H21NO/c1-12(2)9-14-5-4-6-15(10-14)17(19)16-8-7-13(3)18-11-16/h4-8,10-12,17,19H,9H2,1-3H3. The fraction of sp³-hybridized carbons (Fsp3) is 0.353. The number of aliphatic hydroxyl groups excluding tert-OH is 1. The van der Waals surface area contributed by atoms with E-state index in [1.807, 2.05) is 31.2 Å². The second-order valence-corrected chi connectivity index (χ2v) is 5.48. The fourth-order valence-corrected chi connectivity index (χ4v) is 2.20.